The topological polar surface area (TPSA) is 79.0 Å². The van der Waals surface area contributed by atoms with Gasteiger partial charge < -0.3 is 19.9 Å². The second-order valence-electron chi connectivity index (χ2n) is 8.67. The summed E-state index contributed by atoms with van der Waals surface area (Å²) in [5, 5.41) is 4.90. The van der Waals surface area contributed by atoms with Gasteiger partial charge in [0, 0.05) is 31.7 Å². The van der Waals surface area contributed by atoms with Crippen LogP contribution in [0.2, 0.25) is 0 Å². The summed E-state index contributed by atoms with van der Waals surface area (Å²) in [4.78, 5) is 43.5. The van der Waals surface area contributed by atoms with E-state index in [1.54, 1.807) is 37.4 Å². The third-order valence-corrected chi connectivity index (χ3v) is 7.47. The first kappa shape index (κ1) is 23.3. The number of carbonyl (C=O) groups excluding carboxylic acids is 3. The molecule has 2 fully saturated rings. The average Bonchev–Trinajstić information content (AvgIpc) is 3.42. The SMILES string of the molecule is COc1ccc(C(=O)N2CCC([C@@H](NC(=O)c3cccs3)C(=O)N3CCCCC3)CC2)cc1. The van der Waals surface area contributed by atoms with Crippen LogP contribution in [-0.2, 0) is 4.79 Å². The number of carbonyl (C=O) groups is 3. The van der Waals surface area contributed by atoms with Crippen molar-refractivity contribution in [3.8, 4) is 5.75 Å². The van der Waals surface area contributed by atoms with E-state index in [0.29, 0.717) is 42.1 Å². The smallest absolute Gasteiger partial charge is 0.262 e. The summed E-state index contributed by atoms with van der Waals surface area (Å²) in [6, 6.07) is 10.2. The molecule has 4 rings (SSSR count). The highest BCUT2D eigenvalue weighted by Gasteiger charge is 2.36. The van der Waals surface area contributed by atoms with E-state index in [4.69, 9.17) is 4.74 Å². The highest BCUT2D eigenvalue weighted by Crippen LogP contribution is 2.25. The number of ether oxygens (including phenoxy) is 1. The van der Waals surface area contributed by atoms with E-state index in [-0.39, 0.29) is 23.6 Å². The molecule has 0 radical (unpaired) electrons. The van der Waals surface area contributed by atoms with Gasteiger partial charge in [-0.25, -0.2) is 0 Å². The number of likely N-dealkylation sites (tertiary alicyclic amines) is 2. The van der Waals surface area contributed by atoms with Gasteiger partial charge in [0.15, 0.2) is 0 Å². The van der Waals surface area contributed by atoms with Crippen LogP contribution < -0.4 is 10.1 Å². The number of hydrogen-bond acceptors (Lipinski definition) is 5. The van der Waals surface area contributed by atoms with Crippen LogP contribution in [0.5, 0.6) is 5.75 Å². The molecule has 7 nitrogen and oxygen atoms in total. The second kappa shape index (κ2) is 10.8. The van der Waals surface area contributed by atoms with Crippen LogP contribution in [0.4, 0.5) is 0 Å². The molecule has 8 heteroatoms. The molecule has 0 unspecified atom stereocenters. The van der Waals surface area contributed by atoms with Gasteiger partial charge in [-0.2, -0.15) is 0 Å². The van der Waals surface area contributed by atoms with Crippen molar-refractivity contribution < 1.29 is 19.1 Å². The van der Waals surface area contributed by atoms with Crippen LogP contribution in [-0.4, -0.2) is 66.9 Å². The lowest BCUT2D eigenvalue weighted by atomic mass is 9.87. The summed E-state index contributed by atoms with van der Waals surface area (Å²) in [6.45, 7) is 2.63. The number of hydrogen-bond donors (Lipinski definition) is 1. The maximum atomic E-state index is 13.4. The summed E-state index contributed by atoms with van der Waals surface area (Å²) in [7, 11) is 1.60. The molecule has 1 aromatic heterocycles. The summed E-state index contributed by atoms with van der Waals surface area (Å²) >= 11 is 1.37. The molecule has 1 N–H and O–H groups in total. The number of rotatable bonds is 6. The first-order valence-electron chi connectivity index (χ1n) is 11.6. The Balaban J connectivity index is 1.43. The van der Waals surface area contributed by atoms with Gasteiger partial charge in [-0.05, 0) is 73.7 Å². The zero-order valence-corrected chi connectivity index (χ0v) is 19.8. The quantitative estimate of drug-likeness (QED) is 0.703. The van der Waals surface area contributed by atoms with Crippen molar-refractivity contribution in [3.05, 3.63) is 52.2 Å². The molecule has 33 heavy (non-hydrogen) atoms. The average molecular weight is 470 g/mol. The van der Waals surface area contributed by atoms with Crippen LogP contribution in [0.15, 0.2) is 41.8 Å². The first-order chi connectivity index (χ1) is 16.1. The lowest BCUT2D eigenvalue weighted by molar-refractivity contribution is -0.136. The van der Waals surface area contributed by atoms with E-state index in [9.17, 15) is 14.4 Å². The Morgan fingerprint density at radius 1 is 0.970 bits per heavy atom. The van der Waals surface area contributed by atoms with E-state index in [1.807, 2.05) is 21.2 Å². The molecule has 1 atom stereocenters. The van der Waals surface area contributed by atoms with Crippen molar-refractivity contribution in [3.63, 3.8) is 0 Å². The van der Waals surface area contributed by atoms with Crippen molar-refractivity contribution in [2.45, 2.75) is 38.1 Å². The van der Waals surface area contributed by atoms with Gasteiger partial charge in [-0.3, -0.25) is 14.4 Å². The highest BCUT2D eigenvalue weighted by molar-refractivity contribution is 7.12. The van der Waals surface area contributed by atoms with Crippen LogP contribution in [0.3, 0.4) is 0 Å². The lowest BCUT2D eigenvalue weighted by Gasteiger charge is -2.38. The molecular weight excluding hydrogens is 438 g/mol. The minimum atomic E-state index is -0.559. The summed E-state index contributed by atoms with van der Waals surface area (Å²) in [5.41, 5.74) is 0.626. The number of benzene rings is 1. The zero-order valence-electron chi connectivity index (χ0n) is 19.0. The van der Waals surface area contributed by atoms with Crippen molar-refractivity contribution >= 4 is 29.1 Å². The van der Waals surface area contributed by atoms with Crippen molar-refractivity contribution in [2.75, 3.05) is 33.3 Å². The third-order valence-electron chi connectivity index (χ3n) is 6.60. The second-order valence-corrected chi connectivity index (χ2v) is 9.62. The molecule has 1 aromatic carbocycles. The van der Waals surface area contributed by atoms with Gasteiger partial charge in [0.25, 0.3) is 11.8 Å². The molecule has 176 valence electrons. The number of nitrogens with zero attached hydrogens (tertiary/aromatic N) is 2. The predicted octanol–water partition coefficient (Wildman–Crippen LogP) is 3.42. The fraction of sp³-hybridized carbons (Fsp3) is 0.480. The molecule has 0 spiro atoms. The Bertz CT molecular complexity index is 947. The minimum absolute atomic E-state index is 0.00301. The molecule has 2 saturated heterocycles. The summed E-state index contributed by atoms with van der Waals surface area (Å²) in [6.07, 6.45) is 4.51. The van der Waals surface area contributed by atoms with E-state index in [1.165, 1.54) is 11.3 Å². The van der Waals surface area contributed by atoms with Crippen LogP contribution in [0.1, 0.15) is 52.1 Å². The van der Waals surface area contributed by atoms with Gasteiger partial charge in [0.1, 0.15) is 11.8 Å². The van der Waals surface area contributed by atoms with Crippen molar-refractivity contribution in [1.29, 1.82) is 0 Å². The number of methoxy groups -OCH3 is 1. The first-order valence-corrected chi connectivity index (χ1v) is 12.5. The third kappa shape index (κ3) is 5.55. The molecule has 0 saturated carbocycles. The van der Waals surface area contributed by atoms with E-state index in [2.05, 4.69) is 5.32 Å². The Kier molecular flexibility index (Phi) is 7.65. The Morgan fingerprint density at radius 3 is 2.27 bits per heavy atom. The number of piperidine rings is 2. The van der Waals surface area contributed by atoms with Gasteiger partial charge >= 0.3 is 0 Å². The molecule has 2 aliphatic heterocycles. The minimum Gasteiger partial charge on any atom is -0.497 e. The Labute approximate surface area is 198 Å². The normalized spacial score (nSPS) is 18.0. The molecule has 0 bridgehead atoms. The van der Waals surface area contributed by atoms with Gasteiger partial charge in [0.2, 0.25) is 5.91 Å². The molecular formula is C25H31N3O4S. The fourth-order valence-corrected chi connectivity index (χ4v) is 5.29. The standard InChI is InChI=1S/C25H31N3O4S/c1-32-20-9-7-19(8-10-20)24(30)28-15-11-18(12-16-28)22(25(31)27-13-3-2-4-14-27)26-23(29)21-6-5-17-33-21/h5-10,17-18,22H,2-4,11-16H2,1H3,(H,26,29)/t22-/m1/s1. The van der Waals surface area contributed by atoms with Crippen molar-refractivity contribution in [1.82, 2.24) is 15.1 Å². The van der Waals surface area contributed by atoms with Crippen LogP contribution in [0.25, 0.3) is 0 Å². The maximum Gasteiger partial charge on any atom is 0.262 e. The van der Waals surface area contributed by atoms with E-state index >= 15 is 0 Å². The van der Waals surface area contributed by atoms with Gasteiger partial charge in [-0.1, -0.05) is 6.07 Å². The van der Waals surface area contributed by atoms with E-state index in [0.717, 1.165) is 32.4 Å². The molecule has 0 aliphatic carbocycles. The Hall–Kier alpha value is -2.87. The highest BCUT2D eigenvalue weighted by atomic mass is 32.1. The summed E-state index contributed by atoms with van der Waals surface area (Å²) < 4.78 is 5.17. The largest absolute Gasteiger partial charge is 0.497 e. The summed E-state index contributed by atoms with van der Waals surface area (Å²) in [5.74, 6) is 0.517. The lowest BCUT2D eigenvalue weighted by Crippen LogP contribution is -2.55. The van der Waals surface area contributed by atoms with Crippen LogP contribution >= 0.6 is 11.3 Å². The van der Waals surface area contributed by atoms with Gasteiger partial charge in [-0.15, -0.1) is 11.3 Å². The molecule has 2 aliphatic rings. The maximum absolute atomic E-state index is 13.4. The molecule has 2 aromatic rings. The molecule has 3 heterocycles. The van der Waals surface area contributed by atoms with Crippen molar-refractivity contribution in [2.24, 2.45) is 5.92 Å². The van der Waals surface area contributed by atoms with Crippen LogP contribution in [0, 0.1) is 5.92 Å². The molecule has 3 amide bonds. The number of nitrogens with one attached hydrogen (secondary N) is 1. The fourth-order valence-electron chi connectivity index (χ4n) is 4.66. The van der Waals surface area contributed by atoms with Gasteiger partial charge in [0.05, 0.1) is 12.0 Å². The number of amides is 3. The Morgan fingerprint density at radius 2 is 1.67 bits per heavy atom. The predicted molar refractivity (Wildman–Crippen MR) is 128 cm³/mol. The monoisotopic (exact) mass is 469 g/mol. The number of thiophene rings is 1. The van der Waals surface area contributed by atoms with E-state index < -0.39 is 6.04 Å². The zero-order chi connectivity index (χ0) is 23.2.